The van der Waals surface area contributed by atoms with E-state index >= 15 is 0 Å². The molecule has 0 bridgehead atoms. The van der Waals surface area contributed by atoms with Gasteiger partial charge in [0.1, 0.15) is 0 Å². The molecule has 1 aliphatic heterocycles. The van der Waals surface area contributed by atoms with Crippen molar-refractivity contribution in [2.24, 2.45) is 0 Å². The predicted octanol–water partition coefficient (Wildman–Crippen LogP) is 3.54. The summed E-state index contributed by atoms with van der Waals surface area (Å²) in [6.07, 6.45) is 2.57. The molecular weight excluding hydrogens is 358 g/mol. The molecule has 3 rings (SSSR count). The van der Waals surface area contributed by atoms with Crippen LogP contribution in [0.3, 0.4) is 0 Å². The Morgan fingerprint density at radius 1 is 1.40 bits per heavy atom. The van der Waals surface area contributed by atoms with Crippen LogP contribution in [0.15, 0.2) is 28.6 Å². The van der Waals surface area contributed by atoms with Crippen LogP contribution >= 0.6 is 23.1 Å². The molecule has 8 heteroatoms. The SMILES string of the molecule is CCCCSc1nnc(NC(=O)C2(C)Cc3ccccc3C(=O)O2)s1. The fourth-order valence-corrected chi connectivity index (χ4v) is 4.41. The van der Waals surface area contributed by atoms with Crippen molar-refractivity contribution < 1.29 is 14.3 Å². The van der Waals surface area contributed by atoms with Crippen molar-refractivity contribution in [3.63, 3.8) is 0 Å². The summed E-state index contributed by atoms with van der Waals surface area (Å²) in [5.74, 6) is 0.106. The number of thioether (sulfide) groups is 1. The van der Waals surface area contributed by atoms with Crippen molar-refractivity contribution >= 4 is 40.1 Å². The Kier molecular flexibility index (Phi) is 5.39. The third-order valence-electron chi connectivity index (χ3n) is 3.91. The number of benzene rings is 1. The van der Waals surface area contributed by atoms with Gasteiger partial charge in [-0.3, -0.25) is 10.1 Å². The molecule has 1 unspecified atom stereocenters. The lowest BCUT2D eigenvalue weighted by Gasteiger charge is -2.32. The largest absolute Gasteiger partial charge is 0.445 e. The maximum atomic E-state index is 12.7. The molecule has 1 N–H and O–H groups in total. The minimum absolute atomic E-state index is 0.331. The molecular formula is C17H19N3O3S2. The highest BCUT2D eigenvalue weighted by Gasteiger charge is 2.42. The number of amides is 1. The Labute approximate surface area is 154 Å². The van der Waals surface area contributed by atoms with E-state index in [4.69, 9.17) is 4.74 Å². The van der Waals surface area contributed by atoms with Gasteiger partial charge in [0.05, 0.1) is 5.56 Å². The summed E-state index contributed by atoms with van der Waals surface area (Å²) in [6, 6.07) is 7.18. The standard InChI is InChI=1S/C17H19N3O3S2/c1-3-4-9-24-16-20-19-15(25-16)18-14(22)17(2)10-11-7-5-6-8-12(11)13(21)23-17/h5-8H,3-4,9-10H2,1-2H3,(H,18,19,22). The van der Waals surface area contributed by atoms with Gasteiger partial charge in [-0.2, -0.15) is 0 Å². The highest BCUT2D eigenvalue weighted by atomic mass is 32.2. The number of hydrogen-bond donors (Lipinski definition) is 1. The predicted molar refractivity (Wildman–Crippen MR) is 98.1 cm³/mol. The Balaban J connectivity index is 1.68. The van der Waals surface area contributed by atoms with Crippen LogP contribution in [-0.2, 0) is 16.0 Å². The van der Waals surface area contributed by atoms with Gasteiger partial charge in [-0.1, -0.05) is 54.6 Å². The van der Waals surface area contributed by atoms with E-state index in [-0.39, 0.29) is 0 Å². The van der Waals surface area contributed by atoms with E-state index in [1.54, 1.807) is 30.8 Å². The fourth-order valence-electron chi connectivity index (χ4n) is 2.51. The summed E-state index contributed by atoms with van der Waals surface area (Å²) in [7, 11) is 0. The van der Waals surface area contributed by atoms with Gasteiger partial charge in [-0.05, 0) is 25.0 Å². The van der Waals surface area contributed by atoms with Crippen molar-refractivity contribution in [2.45, 2.75) is 43.1 Å². The lowest BCUT2D eigenvalue weighted by molar-refractivity contribution is -0.134. The van der Waals surface area contributed by atoms with E-state index in [1.165, 1.54) is 11.3 Å². The average molecular weight is 377 g/mol. The second-order valence-electron chi connectivity index (χ2n) is 5.98. The summed E-state index contributed by atoms with van der Waals surface area (Å²) in [5, 5.41) is 11.2. The minimum atomic E-state index is -1.26. The Morgan fingerprint density at radius 3 is 3.00 bits per heavy atom. The Hall–Kier alpha value is -1.93. The fraction of sp³-hybridized carbons (Fsp3) is 0.412. The number of nitrogens with zero attached hydrogens (tertiary/aromatic N) is 2. The van der Waals surface area contributed by atoms with Crippen molar-refractivity contribution in [3.8, 4) is 0 Å². The number of carbonyl (C=O) groups is 2. The molecule has 2 aromatic rings. The average Bonchev–Trinajstić information content (AvgIpc) is 3.02. The Bertz CT molecular complexity index is 793. The molecule has 132 valence electrons. The van der Waals surface area contributed by atoms with Crippen LogP contribution in [0.4, 0.5) is 5.13 Å². The van der Waals surface area contributed by atoms with Crippen LogP contribution in [0, 0.1) is 0 Å². The van der Waals surface area contributed by atoms with E-state index in [0.717, 1.165) is 28.5 Å². The number of anilines is 1. The second kappa shape index (κ2) is 7.53. The maximum absolute atomic E-state index is 12.7. The number of fused-ring (bicyclic) bond motifs is 1. The third-order valence-corrected chi connectivity index (χ3v) is 5.97. The number of esters is 1. The first-order chi connectivity index (χ1) is 12.0. The zero-order chi connectivity index (χ0) is 17.9. The quantitative estimate of drug-likeness (QED) is 0.359. The first-order valence-electron chi connectivity index (χ1n) is 8.11. The van der Waals surface area contributed by atoms with Gasteiger partial charge in [0, 0.05) is 12.2 Å². The first kappa shape index (κ1) is 17.9. The molecule has 1 aromatic heterocycles. The number of carbonyl (C=O) groups excluding carboxylic acids is 2. The van der Waals surface area contributed by atoms with Crippen molar-refractivity contribution in [2.75, 3.05) is 11.1 Å². The van der Waals surface area contributed by atoms with Crippen LogP contribution in [0.5, 0.6) is 0 Å². The molecule has 1 aromatic carbocycles. The summed E-state index contributed by atoms with van der Waals surface area (Å²) < 4.78 is 6.24. The number of ether oxygens (including phenoxy) is 1. The number of hydrogen-bond acceptors (Lipinski definition) is 7. The minimum Gasteiger partial charge on any atom is -0.445 e. The first-order valence-corrected chi connectivity index (χ1v) is 9.91. The zero-order valence-electron chi connectivity index (χ0n) is 14.1. The van der Waals surface area contributed by atoms with Gasteiger partial charge >= 0.3 is 5.97 Å². The number of nitrogens with one attached hydrogen (secondary N) is 1. The molecule has 2 heterocycles. The molecule has 0 saturated heterocycles. The van der Waals surface area contributed by atoms with Gasteiger partial charge in [-0.25, -0.2) is 4.79 Å². The number of aromatic nitrogens is 2. The van der Waals surface area contributed by atoms with Crippen LogP contribution in [0.25, 0.3) is 0 Å². The molecule has 1 amide bonds. The van der Waals surface area contributed by atoms with Crippen LogP contribution in [-0.4, -0.2) is 33.4 Å². The molecule has 0 saturated carbocycles. The molecule has 25 heavy (non-hydrogen) atoms. The van der Waals surface area contributed by atoms with Crippen LogP contribution < -0.4 is 5.32 Å². The van der Waals surface area contributed by atoms with E-state index < -0.39 is 17.5 Å². The second-order valence-corrected chi connectivity index (χ2v) is 8.30. The summed E-state index contributed by atoms with van der Waals surface area (Å²) in [5.41, 5.74) is 0.0647. The zero-order valence-corrected chi connectivity index (χ0v) is 15.7. The Morgan fingerprint density at radius 2 is 2.20 bits per heavy atom. The number of cyclic esters (lactones) is 1. The van der Waals surface area contributed by atoms with Gasteiger partial charge < -0.3 is 4.74 Å². The summed E-state index contributed by atoms with van der Waals surface area (Å²) in [6.45, 7) is 3.75. The lowest BCUT2D eigenvalue weighted by atomic mass is 9.89. The van der Waals surface area contributed by atoms with Crippen molar-refractivity contribution in [1.82, 2.24) is 10.2 Å². The number of unbranched alkanes of at least 4 members (excludes halogenated alkanes) is 1. The third kappa shape index (κ3) is 4.01. The molecule has 1 aliphatic rings. The lowest BCUT2D eigenvalue weighted by Crippen LogP contribution is -2.48. The van der Waals surface area contributed by atoms with Crippen molar-refractivity contribution in [1.29, 1.82) is 0 Å². The normalized spacial score (nSPS) is 19.2. The van der Waals surface area contributed by atoms with E-state index in [9.17, 15) is 9.59 Å². The highest BCUT2D eigenvalue weighted by Crippen LogP contribution is 2.31. The van der Waals surface area contributed by atoms with Crippen LogP contribution in [0.1, 0.15) is 42.6 Å². The topological polar surface area (TPSA) is 81.2 Å². The molecule has 6 nitrogen and oxygen atoms in total. The molecule has 0 spiro atoms. The van der Waals surface area contributed by atoms with E-state index in [1.807, 2.05) is 12.1 Å². The van der Waals surface area contributed by atoms with E-state index in [0.29, 0.717) is 17.1 Å². The van der Waals surface area contributed by atoms with Gasteiger partial charge in [-0.15, -0.1) is 10.2 Å². The molecule has 0 aliphatic carbocycles. The molecule has 1 atom stereocenters. The van der Waals surface area contributed by atoms with Gasteiger partial charge in [0.25, 0.3) is 5.91 Å². The van der Waals surface area contributed by atoms with Gasteiger partial charge in [0.2, 0.25) is 5.13 Å². The monoisotopic (exact) mass is 377 g/mol. The highest BCUT2D eigenvalue weighted by molar-refractivity contribution is 8.01. The molecule has 0 fully saturated rings. The number of rotatable bonds is 6. The molecule has 0 radical (unpaired) electrons. The van der Waals surface area contributed by atoms with Gasteiger partial charge in [0.15, 0.2) is 9.94 Å². The van der Waals surface area contributed by atoms with E-state index in [2.05, 4.69) is 22.4 Å². The van der Waals surface area contributed by atoms with Crippen LogP contribution in [0.2, 0.25) is 0 Å². The smallest absolute Gasteiger partial charge is 0.339 e. The summed E-state index contributed by atoms with van der Waals surface area (Å²) in [4.78, 5) is 24.8. The van der Waals surface area contributed by atoms with Crippen molar-refractivity contribution in [3.05, 3.63) is 35.4 Å². The summed E-state index contributed by atoms with van der Waals surface area (Å²) >= 11 is 2.96. The maximum Gasteiger partial charge on any atom is 0.339 e.